The zero-order valence-corrected chi connectivity index (χ0v) is 15.6. The van der Waals surface area contributed by atoms with Crippen molar-refractivity contribution in [3.8, 4) is 22.6 Å². The van der Waals surface area contributed by atoms with Crippen LogP contribution in [-0.2, 0) is 6.42 Å². The summed E-state index contributed by atoms with van der Waals surface area (Å²) in [6.45, 7) is 2.73. The number of aliphatic hydroxyl groups excluding tert-OH is 1. The smallest absolute Gasteiger partial charge is 0.123 e. The Labute approximate surface area is 160 Å². The molecule has 140 valence electrons. The number of aromatic hydroxyl groups is 1. The summed E-state index contributed by atoms with van der Waals surface area (Å²) in [5, 5.41) is 19.3. The molecule has 3 rings (SSSR count). The third-order valence-electron chi connectivity index (χ3n) is 4.82. The van der Waals surface area contributed by atoms with Crippen molar-refractivity contribution in [2.45, 2.75) is 25.7 Å². The average molecular weight is 362 g/mol. The van der Waals surface area contributed by atoms with Crippen molar-refractivity contribution in [2.75, 3.05) is 13.2 Å². The number of benzene rings is 3. The van der Waals surface area contributed by atoms with E-state index in [4.69, 9.17) is 4.74 Å². The van der Waals surface area contributed by atoms with Gasteiger partial charge in [0.2, 0.25) is 0 Å². The molecule has 0 aromatic heterocycles. The van der Waals surface area contributed by atoms with Gasteiger partial charge in [0.05, 0.1) is 6.61 Å². The number of hydrogen-bond donors (Lipinski definition) is 2. The lowest BCUT2D eigenvalue weighted by molar-refractivity contribution is 0.258. The highest BCUT2D eigenvalue weighted by Gasteiger charge is 2.13. The van der Waals surface area contributed by atoms with Gasteiger partial charge in [-0.25, -0.2) is 0 Å². The van der Waals surface area contributed by atoms with Crippen LogP contribution < -0.4 is 4.74 Å². The molecular weight excluding hydrogens is 336 g/mol. The van der Waals surface area contributed by atoms with E-state index in [2.05, 4.69) is 30.3 Å². The quantitative estimate of drug-likeness (QED) is 0.581. The van der Waals surface area contributed by atoms with Gasteiger partial charge in [-0.15, -0.1) is 0 Å². The van der Waals surface area contributed by atoms with Crippen molar-refractivity contribution in [1.82, 2.24) is 0 Å². The Morgan fingerprint density at radius 3 is 2.26 bits per heavy atom. The van der Waals surface area contributed by atoms with Crippen LogP contribution in [0.25, 0.3) is 11.1 Å². The van der Waals surface area contributed by atoms with Crippen molar-refractivity contribution in [3.05, 3.63) is 83.9 Å². The first-order chi connectivity index (χ1) is 13.2. The molecule has 0 saturated heterocycles. The monoisotopic (exact) mass is 362 g/mol. The molecule has 3 aromatic carbocycles. The maximum atomic E-state index is 9.79. The zero-order valence-electron chi connectivity index (χ0n) is 15.6. The van der Waals surface area contributed by atoms with Gasteiger partial charge >= 0.3 is 0 Å². The van der Waals surface area contributed by atoms with Gasteiger partial charge < -0.3 is 14.9 Å². The number of phenols is 1. The van der Waals surface area contributed by atoms with Gasteiger partial charge in [0, 0.05) is 12.5 Å². The van der Waals surface area contributed by atoms with E-state index in [1.165, 1.54) is 5.56 Å². The Bertz CT molecular complexity index is 841. The first kappa shape index (κ1) is 19.0. The number of aliphatic hydroxyl groups is 1. The van der Waals surface area contributed by atoms with Gasteiger partial charge in [0.15, 0.2) is 0 Å². The Hall–Kier alpha value is -2.78. The summed E-state index contributed by atoms with van der Waals surface area (Å²) in [5.41, 5.74) is 4.41. The molecular formula is C24H26O3. The van der Waals surface area contributed by atoms with Crippen molar-refractivity contribution >= 4 is 0 Å². The van der Waals surface area contributed by atoms with E-state index in [1.807, 2.05) is 37.3 Å². The fourth-order valence-electron chi connectivity index (χ4n) is 3.30. The second-order valence-corrected chi connectivity index (χ2v) is 6.63. The van der Waals surface area contributed by atoms with Crippen LogP contribution in [0.5, 0.6) is 11.5 Å². The minimum absolute atomic E-state index is 0.123. The molecule has 0 spiro atoms. The molecule has 0 aliphatic carbocycles. The number of aryl methyl sites for hydroxylation is 1. The van der Waals surface area contributed by atoms with Gasteiger partial charge in [-0.3, -0.25) is 0 Å². The maximum Gasteiger partial charge on any atom is 0.123 e. The SMILES string of the molecule is CCOc1cc(-c2ccc(O)cc2)ccc1CCC(CO)c1ccccc1. The molecule has 1 unspecified atom stereocenters. The van der Waals surface area contributed by atoms with Crippen molar-refractivity contribution < 1.29 is 14.9 Å². The summed E-state index contributed by atoms with van der Waals surface area (Å²) in [6, 6.07) is 23.6. The molecule has 0 saturated carbocycles. The van der Waals surface area contributed by atoms with Crippen LogP contribution in [0.1, 0.15) is 30.4 Å². The Morgan fingerprint density at radius 2 is 1.59 bits per heavy atom. The first-order valence-electron chi connectivity index (χ1n) is 9.42. The molecule has 0 aliphatic heterocycles. The Kier molecular flexibility index (Phi) is 6.50. The predicted octanol–water partition coefficient (Wildman–Crippen LogP) is 5.17. The lowest BCUT2D eigenvalue weighted by Gasteiger charge is -2.17. The number of rotatable bonds is 8. The molecule has 3 aromatic rings. The largest absolute Gasteiger partial charge is 0.508 e. The fourth-order valence-corrected chi connectivity index (χ4v) is 3.30. The van der Waals surface area contributed by atoms with E-state index < -0.39 is 0 Å². The number of phenolic OH excluding ortho intramolecular Hbond substituents is 1. The summed E-state index contributed by atoms with van der Waals surface area (Å²) in [7, 11) is 0. The lowest BCUT2D eigenvalue weighted by Crippen LogP contribution is -2.06. The Morgan fingerprint density at radius 1 is 0.889 bits per heavy atom. The Balaban J connectivity index is 1.79. The second-order valence-electron chi connectivity index (χ2n) is 6.63. The highest BCUT2D eigenvalue weighted by Crippen LogP contribution is 2.31. The summed E-state index contributed by atoms with van der Waals surface area (Å²) in [6.07, 6.45) is 1.70. The van der Waals surface area contributed by atoms with Crippen LogP contribution in [0.2, 0.25) is 0 Å². The molecule has 0 fully saturated rings. The molecule has 0 radical (unpaired) electrons. The normalized spacial score (nSPS) is 11.9. The van der Waals surface area contributed by atoms with Crippen LogP contribution in [0, 0.1) is 0 Å². The van der Waals surface area contributed by atoms with Crippen LogP contribution in [0.3, 0.4) is 0 Å². The van der Waals surface area contributed by atoms with Crippen LogP contribution in [0.15, 0.2) is 72.8 Å². The third-order valence-corrected chi connectivity index (χ3v) is 4.82. The molecule has 3 nitrogen and oxygen atoms in total. The van der Waals surface area contributed by atoms with Crippen molar-refractivity contribution in [3.63, 3.8) is 0 Å². The lowest BCUT2D eigenvalue weighted by atomic mass is 9.92. The van der Waals surface area contributed by atoms with Crippen LogP contribution in [-0.4, -0.2) is 23.4 Å². The van der Waals surface area contributed by atoms with E-state index in [-0.39, 0.29) is 18.3 Å². The first-order valence-corrected chi connectivity index (χ1v) is 9.42. The summed E-state index contributed by atoms with van der Waals surface area (Å²) in [4.78, 5) is 0. The van der Waals surface area contributed by atoms with E-state index in [0.29, 0.717) is 6.61 Å². The number of hydrogen-bond acceptors (Lipinski definition) is 3. The predicted molar refractivity (Wildman–Crippen MR) is 109 cm³/mol. The molecule has 1 atom stereocenters. The average Bonchev–Trinajstić information content (AvgIpc) is 2.71. The van der Waals surface area contributed by atoms with Crippen LogP contribution in [0.4, 0.5) is 0 Å². The minimum Gasteiger partial charge on any atom is -0.508 e. The van der Waals surface area contributed by atoms with Crippen molar-refractivity contribution in [1.29, 1.82) is 0 Å². The van der Waals surface area contributed by atoms with E-state index in [9.17, 15) is 10.2 Å². The highest BCUT2D eigenvalue weighted by molar-refractivity contribution is 5.66. The van der Waals surface area contributed by atoms with Gasteiger partial charge in [-0.2, -0.15) is 0 Å². The van der Waals surface area contributed by atoms with E-state index >= 15 is 0 Å². The summed E-state index contributed by atoms with van der Waals surface area (Å²) in [5.74, 6) is 1.27. The van der Waals surface area contributed by atoms with Gasteiger partial charge in [-0.1, -0.05) is 54.6 Å². The second kappa shape index (κ2) is 9.24. The van der Waals surface area contributed by atoms with Gasteiger partial charge in [-0.05, 0) is 60.2 Å². The fraction of sp³-hybridized carbons (Fsp3) is 0.250. The van der Waals surface area contributed by atoms with Gasteiger partial charge in [0.1, 0.15) is 11.5 Å². The molecule has 0 amide bonds. The number of ether oxygens (including phenoxy) is 1. The molecule has 3 heteroatoms. The molecule has 27 heavy (non-hydrogen) atoms. The zero-order chi connectivity index (χ0) is 19.1. The maximum absolute atomic E-state index is 9.79. The van der Waals surface area contributed by atoms with E-state index in [0.717, 1.165) is 35.3 Å². The van der Waals surface area contributed by atoms with Crippen molar-refractivity contribution in [2.24, 2.45) is 0 Å². The summed E-state index contributed by atoms with van der Waals surface area (Å²) < 4.78 is 5.88. The summed E-state index contributed by atoms with van der Waals surface area (Å²) >= 11 is 0. The van der Waals surface area contributed by atoms with Gasteiger partial charge in [0.25, 0.3) is 0 Å². The molecule has 0 aliphatic rings. The minimum atomic E-state index is 0.123. The molecule has 0 bridgehead atoms. The van der Waals surface area contributed by atoms with E-state index in [1.54, 1.807) is 12.1 Å². The standard InChI is InChI=1S/C24H26O3/c1-2-27-24-16-21(19-12-14-23(26)15-13-19)10-8-20(24)9-11-22(17-25)18-6-4-3-5-7-18/h3-8,10,12-16,22,25-26H,2,9,11,17H2,1H3. The highest BCUT2D eigenvalue weighted by atomic mass is 16.5. The third kappa shape index (κ3) is 4.89. The molecule has 0 heterocycles. The molecule has 2 N–H and O–H groups in total. The van der Waals surface area contributed by atoms with Crippen LogP contribution >= 0.6 is 0 Å². The topological polar surface area (TPSA) is 49.7 Å².